The summed E-state index contributed by atoms with van der Waals surface area (Å²) in [6, 6.07) is 12.2. The van der Waals surface area contributed by atoms with Crippen LogP contribution >= 0.6 is 23.7 Å². The zero-order chi connectivity index (χ0) is 21.7. The van der Waals surface area contributed by atoms with Gasteiger partial charge in [0.2, 0.25) is 5.91 Å². The van der Waals surface area contributed by atoms with E-state index < -0.39 is 0 Å². The lowest BCUT2D eigenvalue weighted by atomic mass is 10.0. The van der Waals surface area contributed by atoms with E-state index >= 15 is 0 Å². The maximum absolute atomic E-state index is 13.4. The van der Waals surface area contributed by atoms with Gasteiger partial charge in [-0.3, -0.25) is 9.69 Å². The second kappa shape index (κ2) is 11.5. The maximum Gasteiger partial charge on any atom is 0.233 e. The number of fused-ring (bicyclic) bond motifs is 1. The van der Waals surface area contributed by atoms with Gasteiger partial charge < -0.3 is 9.64 Å². The first kappa shape index (κ1) is 25.1. The minimum atomic E-state index is 0. The van der Waals surface area contributed by atoms with Crippen molar-refractivity contribution in [3.8, 4) is 5.75 Å². The van der Waals surface area contributed by atoms with Gasteiger partial charge in [-0.2, -0.15) is 0 Å². The third kappa shape index (κ3) is 6.66. The molecule has 5 nitrogen and oxygen atoms in total. The molecule has 1 heterocycles. The number of hydrogen-bond donors (Lipinski definition) is 0. The number of anilines is 1. The quantitative estimate of drug-likeness (QED) is 0.436. The van der Waals surface area contributed by atoms with Crippen molar-refractivity contribution >= 4 is 45.0 Å². The van der Waals surface area contributed by atoms with Gasteiger partial charge in [-0.15, -0.1) is 12.4 Å². The van der Waals surface area contributed by atoms with E-state index in [2.05, 4.69) is 51.0 Å². The van der Waals surface area contributed by atoms with Crippen molar-refractivity contribution in [3.05, 3.63) is 53.1 Å². The first-order valence-corrected chi connectivity index (χ1v) is 11.2. The number of benzene rings is 2. The van der Waals surface area contributed by atoms with Gasteiger partial charge in [0, 0.05) is 6.54 Å². The van der Waals surface area contributed by atoms with Crippen molar-refractivity contribution in [2.45, 2.75) is 33.6 Å². The highest BCUT2D eigenvalue weighted by molar-refractivity contribution is 7.22. The Balaban J connectivity index is 0.00000341. The predicted octanol–water partition coefficient (Wildman–Crippen LogP) is 5.26. The highest BCUT2D eigenvalue weighted by Crippen LogP contribution is 2.32. The molecule has 3 aromatic rings. The first-order valence-electron chi connectivity index (χ1n) is 10.4. The average molecular weight is 462 g/mol. The van der Waals surface area contributed by atoms with Crippen molar-refractivity contribution in [1.29, 1.82) is 0 Å². The molecule has 0 atom stereocenters. The van der Waals surface area contributed by atoms with Crippen LogP contribution in [0.2, 0.25) is 0 Å². The molecule has 0 unspecified atom stereocenters. The standard InChI is InChI=1S/C24H31N3O2S.ClH/c1-6-29-20-10-11-21-22(16-20)30-24(25-21)27(13-7-12-26(4)5)23(28)15-19-14-17(2)8-9-18(19)3;/h8-11,14,16H,6-7,12-13,15H2,1-5H3;1H. The highest BCUT2D eigenvalue weighted by Gasteiger charge is 2.21. The minimum absolute atomic E-state index is 0. The summed E-state index contributed by atoms with van der Waals surface area (Å²) in [5.74, 6) is 0.924. The molecule has 0 spiro atoms. The molecule has 0 radical (unpaired) electrons. The molecule has 31 heavy (non-hydrogen) atoms. The number of halogens is 1. The molecule has 1 aromatic heterocycles. The second-order valence-corrected chi connectivity index (χ2v) is 8.88. The minimum Gasteiger partial charge on any atom is -0.494 e. The Morgan fingerprint density at radius 1 is 1.10 bits per heavy atom. The summed E-state index contributed by atoms with van der Waals surface area (Å²) in [4.78, 5) is 22.1. The Hall–Kier alpha value is -2.15. The van der Waals surface area contributed by atoms with E-state index in [1.807, 2.05) is 30.0 Å². The molecule has 168 valence electrons. The number of aryl methyl sites for hydroxylation is 2. The third-order valence-corrected chi connectivity index (χ3v) is 6.07. The van der Waals surface area contributed by atoms with Gasteiger partial charge in [0.1, 0.15) is 5.75 Å². The smallest absolute Gasteiger partial charge is 0.233 e. The van der Waals surface area contributed by atoms with Crippen LogP contribution in [-0.4, -0.2) is 49.6 Å². The van der Waals surface area contributed by atoms with E-state index in [-0.39, 0.29) is 18.3 Å². The highest BCUT2D eigenvalue weighted by atomic mass is 35.5. The number of carbonyl (C=O) groups excluding carboxylic acids is 1. The number of ether oxygens (including phenoxy) is 1. The van der Waals surface area contributed by atoms with E-state index in [1.165, 1.54) is 5.56 Å². The molecule has 1 amide bonds. The predicted molar refractivity (Wildman–Crippen MR) is 133 cm³/mol. The lowest BCUT2D eigenvalue weighted by Crippen LogP contribution is -2.34. The number of thiazole rings is 1. The summed E-state index contributed by atoms with van der Waals surface area (Å²) < 4.78 is 6.65. The van der Waals surface area contributed by atoms with Gasteiger partial charge in [0.15, 0.2) is 5.13 Å². The fourth-order valence-corrected chi connectivity index (χ4v) is 4.42. The lowest BCUT2D eigenvalue weighted by Gasteiger charge is -2.21. The number of aromatic nitrogens is 1. The molecule has 2 aromatic carbocycles. The summed E-state index contributed by atoms with van der Waals surface area (Å²) in [6.45, 7) is 8.30. The van der Waals surface area contributed by atoms with Gasteiger partial charge in [-0.1, -0.05) is 35.1 Å². The fourth-order valence-electron chi connectivity index (χ4n) is 3.39. The Kier molecular flexibility index (Phi) is 9.29. The van der Waals surface area contributed by atoms with Crippen LogP contribution in [0.3, 0.4) is 0 Å². The number of rotatable bonds is 9. The molecule has 7 heteroatoms. The number of carbonyl (C=O) groups is 1. The summed E-state index contributed by atoms with van der Waals surface area (Å²) in [5.41, 5.74) is 4.30. The number of hydrogen-bond acceptors (Lipinski definition) is 5. The third-order valence-electron chi connectivity index (χ3n) is 5.02. The first-order chi connectivity index (χ1) is 14.4. The van der Waals surface area contributed by atoms with Gasteiger partial charge in [-0.05, 0) is 77.2 Å². The summed E-state index contributed by atoms with van der Waals surface area (Å²) in [5, 5.41) is 0.757. The van der Waals surface area contributed by atoms with Gasteiger partial charge in [0.25, 0.3) is 0 Å². The Bertz CT molecular complexity index is 1020. The molecule has 0 saturated heterocycles. The van der Waals surface area contributed by atoms with Crippen LogP contribution in [0.25, 0.3) is 10.2 Å². The van der Waals surface area contributed by atoms with Crippen LogP contribution in [0, 0.1) is 13.8 Å². The Morgan fingerprint density at radius 2 is 1.87 bits per heavy atom. The van der Waals surface area contributed by atoms with Crippen molar-refractivity contribution < 1.29 is 9.53 Å². The molecule has 0 N–H and O–H groups in total. The fraction of sp³-hybridized carbons (Fsp3) is 0.417. The molecular weight excluding hydrogens is 430 g/mol. The molecule has 3 rings (SSSR count). The molecular formula is C24H32ClN3O2S. The van der Waals surface area contributed by atoms with Gasteiger partial charge in [-0.25, -0.2) is 4.98 Å². The van der Waals surface area contributed by atoms with E-state index in [4.69, 9.17) is 9.72 Å². The van der Waals surface area contributed by atoms with Crippen LogP contribution in [0.4, 0.5) is 5.13 Å². The van der Waals surface area contributed by atoms with Crippen LogP contribution in [0.1, 0.15) is 30.0 Å². The number of nitrogens with zero attached hydrogens (tertiary/aromatic N) is 3. The van der Waals surface area contributed by atoms with Crippen LogP contribution in [-0.2, 0) is 11.2 Å². The average Bonchev–Trinajstić information content (AvgIpc) is 3.11. The topological polar surface area (TPSA) is 45.7 Å². The van der Waals surface area contributed by atoms with Crippen molar-refractivity contribution in [3.63, 3.8) is 0 Å². The van der Waals surface area contributed by atoms with E-state index in [0.717, 1.165) is 45.2 Å². The molecule has 0 saturated carbocycles. The summed E-state index contributed by atoms with van der Waals surface area (Å²) in [7, 11) is 4.10. The number of amides is 1. The SMILES string of the molecule is CCOc1ccc2nc(N(CCCN(C)C)C(=O)Cc3cc(C)ccc3C)sc2c1.Cl. The van der Waals surface area contributed by atoms with Gasteiger partial charge >= 0.3 is 0 Å². The normalized spacial score (nSPS) is 10.9. The molecule has 0 aliphatic heterocycles. The Labute approximate surface area is 195 Å². The zero-order valence-electron chi connectivity index (χ0n) is 19.0. The maximum atomic E-state index is 13.4. The second-order valence-electron chi connectivity index (χ2n) is 7.87. The van der Waals surface area contributed by atoms with Crippen LogP contribution in [0.15, 0.2) is 36.4 Å². The summed E-state index contributed by atoms with van der Waals surface area (Å²) >= 11 is 1.55. The van der Waals surface area contributed by atoms with Crippen LogP contribution < -0.4 is 9.64 Å². The van der Waals surface area contributed by atoms with Crippen molar-refractivity contribution in [1.82, 2.24) is 9.88 Å². The molecule has 0 fully saturated rings. The van der Waals surface area contributed by atoms with E-state index in [1.54, 1.807) is 11.3 Å². The monoisotopic (exact) mass is 461 g/mol. The zero-order valence-corrected chi connectivity index (χ0v) is 20.6. The van der Waals surface area contributed by atoms with E-state index in [9.17, 15) is 4.79 Å². The summed E-state index contributed by atoms with van der Waals surface area (Å²) in [6.07, 6.45) is 1.28. The Morgan fingerprint density at radius 3 is 2.58 bits per heavy atom. The van der Waals surface area contributed by atoms with Crippen molar-refractivity contribution in [2.24, 2.45) is 0 Å². The van der Waals surface area contributed by atoms with Crippen molar-refractivity contribution in [2.75, 3.05) is 38.7 Å². The van der Waals surface area contributed by atoms with E-state index in [0.29, 0.717) is 19.6 Å². The molecule has 0 aliphatic carbocycles. The molecule has 0 bridgehead atoms. The largest absolute Gasteiger partial charge is 0.494 e. The van der Waals surface area contributed by atoms with Crippen LogP contribution in [0.5, 0.6) is 5.75 Å². The molecule has 0 aliphatic rings. The lowest BCUT2D eigenvalue weighted by molar-refractivity contribution is -0.118. The van der Waals surface area contributed by atoms with Gasteiger partial charge in [0.05, 0.1) is 23.2 Å².